The minimum absolute atomic E-state index is 0.00940. The minimum atomic E-state index is -3.44. The van der Waals surface area contributed by atoms with Crippen molar-refractivity contribution < 1.29 is 27.5 Å². The monoisotopic (exact) mass is 459 g/mol. The van der Waals surface area contributed by atoms with Gasteiger partial charge in [-0.15, -0.1) is 0 Å². The first-order valence-corrected chi connectivity index (χ1v) is 12.2. The Hall–Kier alpha value is -2.82. The number of hydrogen-bond acceptors (Lipinski definition) is 6. The summed E-state index contributed by atoms with van der Waals surface area (Å²) in [5, 5.41) is 4.11. The van der Waals surface area contributed by atoms with E-state index in [1.165, 1.54) is 9.21 Å². The van der Waals surface area contributed by atoms with Crippen LogP contribution in [0.5, 0.6) is 0 Å². The summed E-state index contributed by atoms with van der Waals surface area (Å²) >= 11 is 0. The Morgan fingerprint density at radius 2 is 1.62 bits per heavy atom. The van der Waals surface area contributed by atoms with Crippen LogP contribution in [0.1, 0.15) is 33.6 Å². The van der Waals surface area contributed by atoms with Gasteiger partial charge in [-0.2, -0.15) is 4.31 Å². The zero-order valence-electron chi connectivity index (χ0n) is 17.6. The number of carbonyl (C=O) groups is 3. The molecule has 32 heavy (non-hydrogen) atoms. The first-order valence-electron chi connectivity index (χ1n) is 10.6. The Balaban J connectivity index is 1.28. The first kappa shape index (κ1) is 22.4. The molecule has 3 amide bonds. The van der Waals surface area contributed by atoms with Crippen molar-refractivity contribution in [2.45, 2.75) is 12.8 Å². The second kappa shape index (κ2) is 9.35. The molecular weight excluding hydrogens is 434 g/mol. The molecule has 2 aromatic carbocycles. The molecule has 9 nitrogen and oxygen atoms in total. The number of sulfonamides is 1. The molecule has 0 bridgehead atoms. The standard InChI is InChI=1S/C22H25N3O6S/c26-19(23-9-15-32(29,30)24-11-13-31-14-12-24)8-3-10-25-21(27)17-6-1-4-16-5-2-7-18(20(16)17)22(25)28/h1-2,4-7H,3,8-15H2,(H,23,26). The van der Waals surface area contributed by atoms with Crippen molar-refractivity contribution in [2.24, 2.45) is 0 Å². The van der Waals surface area contributed by atoms with Crippen LogP contribution in [0, 0.1) is 0 Å². The highest BCUT2D eigenvalue weighted by Crippen LogP contribution is 2.30. The summed E-state index contributed by atoms with van der Waals surface area (Å²) in [6.07, 6.45) is 0.373. The third-order valence-electron chi connectivity index (χ3n) is 5.69. The van der Waals surface area contributed by atoms with E-state index < -0.39 is 10.0 Å². The number of nitrogens with one attached hydrogen (secondary N) is 1. The van der Waals surface area contributed by atoms with Gasteiger partial charge in [0, 0.05) is 49.1 Å². The molecule has 2 aromatic rings. The predicted octanol–water partition coefficient (Wildman–Crippen LogP) is 0.994. The number of nitrogens with zero attached hydrogens (tertiary/aromatic N) is 2. The average Bonchev–Trinajstić information content (AvgIpc) is 2.80. The van der Waals surface area contributed by atoms with Crippen LogP contribution >= 0.6 is 0 Å². The number of morpholine rings is 1. The SMILES string of the molecule is O=C(CCCN1C(=O)c2cccc3cccc(c23)C1=O)NCCS(=O)(=O)N1CCOCC1. The Kier molecular flexibility index (Phi) is 6.54. The number of ether oxygens (including phenoxy) is 1. The molecule has 0 aromatic heterocycles. The van der Waals surface area contributed by atoms with Gasteiger partial charge in [-0.25, -0.2) is 8.42 Å². The van der Waals surface area contributed by atoms with E-state index in [0.717, 1.165) is 5.39 Å². The van der Waals surface area contributed by atoms with Crippen LogP contribution in [-0.2, 0) is 19.6 Å². The largest absolute Gasteiger partial charge is 0.379 e. The summed E-state index contributed by atoms with van der Waals surface area (Å²) < 4.78 is 31.1. The van der Waals surface area contributed by atoms with Crippen LogP contribution in [0.25, 0.3) is 10.8 Å². The molecule has 2 heterocycles. The lowest BCUT2D eigenvalue weighted by atomic mass is 9.94. The number of rotatable bonds is 8. The van der Waals surface area contributed by atoms with Crippen LogP contribution in [0.3, 0.4) is 0 Å². The van der Waals surface area contributed by atoms with Crippen LogP contribution in [0.4, 0.5) is 0 Å². The fraction of sp³-hybridized carbons (Fsp3) is 0.409. The van der Waals surface area contributed by atoms with Crippen molar-refractivity contribution in [1.82, 2.24) is 14.5 Å². The molecular formula is C22H25N3O6S. The van der Waals surface area contributed by atoms with Crippen molar-refractivity contribution in [1.29, 1.82) is 0 Å². The molecule has 170 valence electrons. The number of benzene rings is 2. The highest BCUT2D eigenvalue weighted by Gasteiger charge is 2.32. The molecule has 0 unspecified atom stereocenters. The van der Waals surface area contributed by atoms with Crippen LogP contribution in [0.2, 0.25) is 0 Å². The summed E-state index contributed by atoms with van der Waals surface area (Å²) in [5.41, 5.74) is 0.964. The van der Waals surface area contributed by atoms with Crippen molar-refractivity contribution >= 4 is 38.5 Å². The normalized spacial score (nSPS) is 17.1. The second-order valence-corrected chi connectivity index (χ2v) is 9.84. The van der Waals surface area contributed by atoms with Crippen LogP contribution in [-0.4, -0.2) is 80.5 Å². The lowest BCUT2D eigenvalue weighted by molar-refractivity contribution is -0.121. The van der Waals surface area contributed by atoms with E-state index in [9.17, 15) is 22.8 Å². The van der Waals surface area contributed by atoms with E-state index >= 15 is 0 Å². The molecule has 0 aliphatic carbocycles. The highest BCUT2D eigenvalue weighted by molar-refractivity contribution is 7.89. The summed E-state index contributed by atoms with van der Waals surface area (Å²) in [4.78, 5) is 39.0. The van der Waals surface area contributed by atoms with Gasteiger partial charge in [-0.1, -0.05) is 24.3 Å². The summed E-state index contributed by atoms with van der Waals surface area (Å²) in [5.74, 6) is -1.22. The van der Waals surface area contributed by atoms with E-state index in [-0.39, 0.29) is 49.4 Å². The van der Waals surface area contributed by atoms with Crippen molar-refractivity contribution in [3.05, 3.63) is 47.5 Å². The summed E-state index contributed by atoms with van der Waals surface area (Å²) in [7, 11) is -3.44. The molecule has 1 fully saturated rings. The fourth-order valence-corrected chi connectivity index (χ4v) is 5.37. The van der Waals surface area contributed by atoms with E-state index in [4.69, 9.17) is 4.74 Å². The molecule has 1 N–H and O–H groups in total. The van der Waals surface area contributed by atoms with Gasteiger partial charge >= 0.3 is 0 Å². The average molecular weight is 460 g/mol. The first-order chi connectivity index (χ1) is 15.4. The molecule has 2 aliphatic rings. The number of carbonyl (C=O) groups excluding carboxylic acids is 3. The smallest absolute Gasteiger partial charge is 0.261 e. The molecule has 4 rings (SSSR count). The maximum absolute atomic E-state index is 12.8. The fourth-order valence-electron chi connectivity index (χ4n) is 4.04. The lowest BCUT2D eigenvalue weighted by Gasteiger charge is -2.27. The molecule has 0 saturated carbocycles. The minimum Gasteiger partial charge on any atom is -0.379 e. The molecule has 2 aliphatic heterocycles. The maximum Gasteiger partial charge on any atom is 0.261 e. The van der Waals surface area contributed by atoms with Gasteiger partial charge < -0.3 is 10.1 Å². The van der Waals surface area contributed by atoms with E-state index in [1.54, 1.807) is 24.3 Å². The van der Waals surface area contributed by atoms with E-state index in [0.29, 0.717) is 42.8 Å². The number of hydrogen-bond donors (Lipinski definition) is 1. The Labute approximate surface area is 186 Å². The molecule has 0 radical (unpaired) electrons. The summed E-state index contributed by atoms with van der Waals surface area (Å²) in [6, 6.07) is 10.7. The second-order valence-electron chi connectivity index (χ2n) is 7.75. The van der Waals surface area contributed by atoms with Crippen molar-refractivity contribution in [2.75, 3.05) is 45.1 Å². The Morgan fingerprint density at radius 1 is 1.00 bits per heavy atom. The van der Waals surface area contributed by atoms with Gasteiger partial charge in [0.25, 0.3) is 11.8 Å². The molecule has 0 atom stereocenters. The van der Waals surface area contributed by atoms with Crippen LogP contribution < -0.4 is 5.32 Å². The Bertz CT molecular complexity index is 1110. The topological polar surface area (TPSA) is 113 Å². The molecule has 0 spiro atoms. The van der Waals surface area contributed by atoms with Gasteiger partial charge in [0.15, 0.2) is 0 Å². The van der Waals surface area contributed by atoms with Crippen molar-refractivity contribution in [3.63, 3.8) is 0 Å². The molecule has 10 heteroatoms. The predicted molar refractivity (Wildman–Crippen MR) is 118 cm³/mol. The maximum atomic E-state index is 12.8. The van der Waals surface area contributed by atoms with E-state index in [2.05, 4.69) is 5.32 Å². The highest BCUT2D eigenvalue weighted by atomic mass is 32.2. The van der Waals surface area contributed by atoms with E-state index in [1.807, 2.05) is 12.1 Å². The van der Waals surface area contributed by atoms with Crippen LogP contribution in [0.15, 0.2) is 36.4 Å². The van der Waals surface area contributed by atoms with Gasteiger partial charge in [-0.3, -0.25) is 19.3 Å². The zero-order valence-corrected chi connectivity index (χ0v) is 18.4. The van der Waals surface area contributed by atoms with Gasteiger partial charge in [0.2, 0.25) is 15.9 Å². The zero-order chi connectivity index (χ0) is 22.7. The van der Waals surface area contributed by atoms with Gasteiger partial charge in [0.1, 0.15) is 0 Å². The quantitative estimate of drug-likeness (QED) is 0.589. The third-order valence-corrected chi connectivity index (χ3v) is 7.56. The lowest BCUT2D eigenvalue weighted by Crippen LogP contribution is -2.44. The Morgan fingerprint density at radius 3 is 2.25 bits per heavy atom. The molecule has 1 saturated heterocycles. The third kappa shape index (κ3) is 4.52. The van der Waals surface area contributed by atoms with Crippen molar-refractivity contribution in [3.8, 4) is 0 Å². The number of imide groups is 1. The van der Waals surface area contributed by atoms with Gasteiger partial charge in [0.05, 0.1) is 19.0 Å². The van der Waals surface area contributed by atoms with Gasteiger partial charge in [-0.05, 0) is 23.9 Å². The number of amides is 3. The summed E-state index contributed by atoms with van der Waals surface area (Å²) in [6.45, 7) is 1.52.